The normalized spacial score (nSPS) is 19.1. The molecule has 2 N–H and O–H groups in total. The molecule has 1 aromatic rings. The quantitative estimate of drug-likeness (QED) is 0.800. The maximum atomic E-state index is 11.9. The van der Waals surface area contributed by atoms with Crippen molar-refractivity contribution in [3.63, 3.8) is 0 Å². The minimum Gasteiger partial charge on any atom is -0.480 e. The molecule has 0 spiro atoms. The van der Waals surface area contributed by atoms with E-state index in [0.29, 0.717) is 26.1 Å². The lowest BCUT2D eigenvalue weighted by Gasteiger charge is -2.16. The summed E-state index contributed by atoms with van der Waals surface area (Å²) < 4.78 is 5.15. The molecule has 1 aliphatic heterocycles. The molecule has 5 nitrogen and oxygen atoms in total. The number of hydrogen-bond donors (Lipinski definition) is 2. The number of carboxylic acid groups (broad SMARTS) is 1. The van der Waals surface area contributed by atoms with Crippen molar-refractivity contribution < 1.29 is 19.4 Å². The van der Waals surface area contributed by atoms with Crippen molar-refractivity contribution in [2.24, 2.45) is 5.92 Å². The first-order valence-corrected chi connectivity index (χ1v) is 7.31. The number of carbonyl (C=O) groups is 2. The Hall–Kier alpha value is -1.88. The fourth-order valence-electron chi connectivity index (χ4n) is 2.44. The Morgan fingerprint density at radius 2 is 2.10 bits per heavy atom. The van der Waals surface area contributed by atoms with Gasteiger partial charge in [-0.25, -0.2) is 4.79 Å². The molecule has 0 unspecified atom stereocenters. The van der Waals surface area contributed by atoms with Crippen molar-refractivity contribution in [1.82, 2.24) is 5.32 Å². The van der Waals surface area contributed by atoms with Gasteiger partial charge in [0.05, 0.1) is 12.5 Å². The summed E-state index contributed by atoms with van der Waals surface area (Å²) in [6.07, 6.45) is 2.64. The molecular weight excluding hydrogens is 270 g/mol. The number of amides is 1. The minimum atomic E-state index is -0.977. The first-order chi connectivity index (χ1) is 10.2. The summed E-state index contributed by atoms with van der Waals surface area (Å²) >= 11 is 0. The predicted molar refractivity (Wildman–Crippen MR) is 77.9 cm³/mol. The van der Waals surface area contributed by atoms with Crippen molar-refractivity contribution in [3.05, 3.63) is 35.9 Å². The molecule has 0 aromatic heterocycles. The van der Waals surface area contributed by atoms with Crippen LogP contribution in [0, 0.1) is 5.92 Å². The summed E-state index contributed by atoms with van der Waals surface area (Å²) in [5.74, 6) is -1.39. The van der Waals surface area contributed by atoms with Crippen molar-refractivity contribution in [1.29, 1.82) is 0 Å². The van der Waals surface area contributed by atoms with E-state index in [4.69, 9.17) is 4.74 Å². The van der Waals surface area contributed by atoms with Gasteiger partial charge in [0.2, 0.25) is 5.91 Å². The largest absolute Gasteiger partial charge is 0.480 e. The summed E-state index contributed by atoms with van der Waals surface area (Å²) in [4.78, 5) is 23.2. The molecule has 0 bridgehead atoms. The van der Waals surface area contributed by atoms with Gasteiger partial charge in [0.25, 0.3) is 0 Å². The number of ether oxygens (including phenoxy) is 1. The highest BCUT2D eigenvalue weighted by Gasteiger charge is 2.27. The summed E-state index contributed by atoms with van der Waals surface area (Å²) in [6, 6.07) is 9.10. The smallest absolute Gasteiger partial charge is 0.326 e. The van der Waals surface area contributed by atoms with Crippen LogP contribution in [0.1, 0.15) is 24.8 Å². The van der Waals surface area contributed by atoms with E-state index in [1.165, 1.54) is 5.56 Å². The fraction of sp³-hybridized carbons (Fsp3) is 0.500. The Morgan fingerprint density at radius 3 is 2.71 bits per heavy atom. The Balaban J connectivity index is 1.79. The molecule has 1 amide bonds. The monoisotopic (exact) mass is 291 g/mol. The predicted octanol–water partition coefficient (Wildman–Crippen LogP) is 1.62. The number of aryl methyl sites for hydroxylation is 1. The first kappa shape index (κ1) is 15.5. The molecule has 1 fully saturated rings. The molecule has 1 saturated heterocycles. The van der Waals surface area contributed by atoms with Crippen LogP contribution in [0.3, 0.4) is 0 Å². The second kappa shape index (κ2) is 7.78. The van der Waals surface area contributed by atoms with Crippen molar-refractivity contribution in [3.8, 4) is 0 Å². The average Bonchev–Trinajstić information content (AvgIpc) is 3.01. The Bertz CT molecular complexity index is 468. The number of nitrogens with one attached hydrogen (secondary N) is 1. The maximum absolute atomic E-state index is 11.9. The zero-order chi connectivity index (χ0) is 15.1. The molecule has 1 aromatic carbocycles. The second-order valence-corrected chi connectivity index (χ2v) is 5.34. The lowest BCUT2D eigenvalue weighted by Crippen LogP contribution is -2.43. The third-order valence-electron chi connectivity index (χ3n) is 3.72. The Labute approximate surface area is 124 Å². The standard InChI is InChI=1S/C16H21NO4/c18-15(13-9-10-21-11-13)17-14(16(19)20)8-4-7-12-5-2-1-3-6-12/h1-3,5-6,13-14H,4,7-11H2,(H,17,18)(H,19,20)/t13-,14+/m0/s1. The van der Waals surface area contributed by atoms with Crippen molar-refractivity contribution in [2.45, 2.75) is 31.7 Å². The molecule has 2 atom stereocenters. The van der Waals surface area contributed by atoms with E-state index in [1.54, 1.807) is 0 Å². The second-order valence-electron chi connectivity index (χ2n) is 5.34. The van der Waals surface area contributed by atoms with Gasteiger partial charge in [-0.2, -0.15) is 0 Å². The number of aliphatic carboxylic acids is 1. The van der Waals surface area contributed by atoms with Gasteiger partial charge < -0.3 is 15.2 Å². The van der Waals surface area contributed by atoms with Gasteiger partial charge in [0.15, 0.2) is 0 Å². The van der Waals surface area contributed by atoms with Gasteiger partial charge in [-0.1, -0.05) is 30.3 Å². The van der Waals surface area contributed by atoms with Crippen LogP contribution < -0.4 is 5.32 Å². The highest BCUT2D eigenvalue weighted by molar-refractivity contribution is 5.85. The van der Waals surface area contributed by atoms with E-state index in [2.05, 4.69) is 5.32 Å². The topological polar surface area (TPSA) is 75.6 Å². The van der Waals surface area contributed by atoms with Gasteiger partial charge in [-0.15, -0.1) is 0 Å². The van der Waals surface area contributed by atoms with Gasteiger partial charge in [-0.3, -0.25) is 4.79 Å². The van der Waals surface area contributed by atoms with Crippen molar-refractivity contribution in [2.75, 3.05) is 13.2 Å². The summed E-state index contributed by atoms with van der Waals surface area (Å²) in [6.45, 7) is 0.964. The molecule has 21 heavy (non-hydrogen) atoms. The number of carboxylic acids is 1. The van der Waals surface area contributed by atoms with Crippen LogP contribution in [0.4, 0.5) is 0 Å². The lowest BCUT2D eigenvalue weighted by atomic mass is 10.0. The molecule has 2 rings (SSSR count). The van der Waals surface area contributed by atoms with Crippen LogP contribution in [-0.2, 0) is 20.7 Å². The van der Waals surface area contributed by atoms with Gasteiger partial charge in [0.1, 0.15) is 6.04 Å². The zero-order valence-electron chi connectivity index (χ0n) is 12.0. The number of carbonyl (C=O) groups excluding carboxylic acids is 1. The highest BCUT2D eigenvalue weighted by atomic mass is 16.5. The summed E-state index contributed by atoms with van der Waals surface area (Å²) in [5.41, 5.74) is 1.18. The fourth-order valence-corrected chi connectivity index (χ4v) is 2.44. The Kier molecular flexibility index (Phi) is 5.75. The molecule has 0 radical (unpaired) electrons. The van der Waals surface area contributed by atoms with E-state index < -0.39 is 12.0 Å². The Morgan fingerprint density at radius 1 is 1.33 bits per heavy atom. The van der Waals surface area contributed by atoms with Gasteiger partial charge in [-0.05, 0) is 31.2 Å². The molecule has 0 saturated carbocycles. The van der Waals surface area contributed by atoms with Crippen LogP contribution in [0.25, 0.3) is 0 Å². The SMILES string of the molecule is O=C(N[C@H](CCCc1ccccc1)C(=O)O)[C@H]1CCOC1. The average molecular weight is 291 g/mol. The van der Waals surface area contributed by atoms with E-state index in [9.17, 15) is 14.7 Å². The van der Waals surface area contributed by atoms with E-state index >= 15 is 0 Å². The lowest BCUT2D eigenvalue weighted by molar-refractivity contribution is -0.142. The third kappa shape index (κ3) is 4.86. The van der Waals surface area contributed by atoms with Gasteiger partial charge in [0, 0.05) is 6.61 Å². The van der Waals surface area contributed by atoms with E-state index in [0.717, 1.165) is 12.8 Å². The van der Waals surface area contributed by atoms with Crippen molar-refractivity contribution >= 4 is 11.9 Å². The van der Waals surface area contributed by atoms with E-state index in [1.807, 2.05) is 30.3 Å². The van der Waals surface area contributed by atoms with Gasteiger partial charge >= 0.3 is 5.97 Å². The first-order valence-electron chi connectivity index (χ1n) is 7.31. The van der Waals surface area contributed by atoms with Crippen LogP contribution >= 0.6 is 0 Å². The molecule has 114 valence electrons. The summed E-state index contributed by atoms with van der Waals surface area (Å²) in [5, 5.41) is 11.8. The molecular formula is C16H21NO4. The number of benzene rings is 1. The number of rotatable bonds is 7. The zero-order valence-corrected chi connectivity index (χ0v) is 12.0. The molecule has 5 heteroatoms. The third-order valence-corrected chi connectivity index (χ3v) is 3.72. The van der Waals surface area contributed by atoms with Crippen LogP contribution in [0.2, 0.25) is 0 Å². The minimum absolute atomic E-state index is 0.207. The van der Waals surface area contributed by atoms with Crippen LogP contribution in [0.5, 0.6) is 0 Å². The molecule has 1 aliphatic rings. The summed E-state index contributed by atoms with van der Waals surface area (Å²) in [7, 11) is 0. The molecule has 0 aliphatic carbocycles. The van der Waals surface area contributed by atoms with Crippen LogP contribution in [0.15, 0.2) is 30.3 Å². The molecule has 1 heterocycles. The highest BCUT2D eigenvalue weighted by Crippen LogP contribution is 2.13. The van der Waals surface area contributed by atoms with Crippen LogP contribution in [-0.4, -0.2) is 36.2 Å². The maximum Gasteiger partial charge on any atom is 0.326 e. The van der Waals surface area contributed by atoms with E-state index in [-0.39, 0.29) is 11.8 Å². The number of hydrogen-bond acceptors (Lipinski definition) is 3.